The van der Waals surface area contributed by atoms with E-state index in [1.54, 1.807) is 13.4 Å². The van der Waals surface area contributed by atoms with Gasteiger partial charge in [-0.25, -0.2) is 15.0 Å². The maximum absolute atomic E-state index is 5.47. The molecule has 0 aliphatic rings. The van der Waals surface area contributed by atoms with Crippen molar-refractivity contribution in [3.63, 3.8) is 0 Å². The van der Waals surface area contributed by atoms with Gasteiger partial charge in [0.15, 0.2) is 0 Å². The van der Waals surface area contributed by atoms with E-state index >= 15 is 0 Å². The lowest BCUT2D eigenvalue weighted by Crippen LogP contribution is -2.12. The number of nitrogens with zero attached hydrogens (tertiary/aromatic N) is 4. The molecular weight excluding hydrogens is 382 g/mol. The summed E-state index contributed by atoms with van der Waals surface area (Å²) in [7, 11) is 3.69. The van der Waals surface area contributed by atoms with Gasteiger partial charge in [-0.1, -0.05) is 25.1 Å². The molecule has 3 heterocycles. The van der Waals surface area contributed by atoms with Crippen LogP contribution in [0.4, 0.5) is 5.82 Å². The lowest BCUT2D eigenvalue weighted by atomic mass is 10.00. The summed E-state index contributed by atoms with van der Waals surface area (Å²) in [6.07, 6.45) is 5.44. The molecule has 1 N–H and O–H groups in total. The molecule has 4 aromatic rings. The molecule has 0 spiro atoms. The number of pyridine rings is 1. The molecule has 0 unspecified atom stereocenters. The van der Waals surface area contributed by atoms with E-state index in [1.165, 1.54) is 5.56 Å². The highest BCUT2D eigenvalue weighted by molar-refractivity contribution is 7.59. The first kappa shape index (κ1) is 20.7. The number of rotatable bonds is 6. The second kappa shape index (κ2) is 8.96. The second-order valence-electron chi connectivity index (χ2n) is 6.88. The Labute approximate surface area is 177 Å². The molecule has 0 saturated heterocycles. The van der Waals surface area contributed by atoms with Crippen molar-refractivity contribution >= 4 is 30.3 Å². The summed E-state index contributed by atoms with van der Waals surface area (Å²) in [5.74, 6) is 1.97. The number of anilines is 1. The monoisotopic (exact) mass is 407 g/mol. The zero-order valence-corrected chi connectivity index (χ0v) is 17.8. The zero-order valence-electron chi connectivity index (χ0n) is 16.8. The maximum Gasteiger partial charge on any atom is 0.139 e. The molecule has 1 aromatic carbocycles. The summed E-state index contributed by atoms with van der Waals surface area (Å²) in [5, 5.41) is 4.51. The van der Waals surface area contributed by atoms with E-state index in [2.05, 4.69) is 45.4 Å². The second-order valence-corrected chi connectivity index (χ2v) is 6.88. The molecule has 0 aliphatic carbocycles. The van der Waals surface area contributed by atoms with Crippen LogP contribution >= 0.6 is 13.5 Å². The first-order valence-electron chi connectivity index (χ1n) is 9.26. The Morgan fingerprint density at radius 1 is 1.10 bits per heavy atom. The molecule has 150 valence electrons. The van der Waals surface area contributed by atoms with Crippen LogP contribution in [0.1, 0.15) is 18.4 Å². The Morgan fingerprint density at radius 2 is 1.93 bits per heavy atom. The largest absolute Gasteiger partial charge is 0.496 e. The molecule has 1 atom stereocenters. The maximum atomic E-state index is 5.47. The average molecular weight is 408 g/mol. The Hall–Kier alpha value is -3.06. The van der Waals surface area contributed by atoms with Crippen LogP contribution in [0.15, 0.2) is 61.2 Å². The number of hydrogen-bond donors (Lipinski definition) is 1. The molecule has 0 aliphatic heterocycles. The van der Waals surface area contributed by atoms with E-state index in [0.717, 1.165) is 40.4 Å². The summed E-state index contributed by atoms with van der Waals surface area (Å²) in [5.41, 5.74) is 3.95. The van der Waals surface area contributed by atoms with Crippen molar-refractivity contribution in [1.29, 1.82) is 0 Å². The van der Waals surface area contributed by atoms with Gasteiger partial charge in [0.2, 0.25) is 0 Å². The van der Waals surface area contributed by atoms with Crippen LogP contribution in [-0.4, -0.2) is 33.2 Å². The lowest BCUT2D eigenvalue weighted by Gasteiger charge is -2.16. The van der Waals surface area contributed by atoms with Crippen molar-refractivity contribution in [1.82, 2.24) is 19.5 Å². The van der Waals surface area contributed by atoms with Gasteiger partial charge < -0.3 is 14.6 Å². The van der Waals surface area contributed by atoms with E-state index in [1.807, 2.05) is 48.3 Å². The number of aromatic nitrogens is 4. The predicted octanol–water partition coefficient (Wildman–Crippen LogP) is 4.37. The van der Waals surface area contributed by atoms with Crippen molar-refractivity contribution in [2.75, 3.05) is 19.0 Å². The minimum absolute atomic E-state index is 0. The highest BCUT2D eigenvalue weighted by Crippen LogP contribution is 2.27. The molecule has 0 radical (unpaired) electrons. The summed E-state index contributed by atoms with van der Waals surface area (Å²) in [6, 6.07) is 14.2. The van der Waals surface area contributed by atoms with Crippen LogP contribution in [0.5, 0.6) is 5.75 Å². The van der Waals surface area contributed by atoms with Gasteiger partial charge >= 0.3 is 0 Å². The molecule has 0 fully saturated rings. The molecule has 3 aromatic heterocycles. The van der Waals surface area contributed by atoms with E-state index in [-0.39, 0.29) is 19.4 Å². The number of fused-ring (bicyclic) bond motifs is 1. The molecule has 7 heteroatoms. The topological polar surface area (TPSA) is 64.9 Å². The predicted molar refractivity (Wildman–Crippen MR) is 122 cm³/mol. The third-order valence-corrected chi connectivity index (χ3v) is 4.93. The van der Waals surface area contributed by atoms with E-state index in [4.69, 9.17) is 4.74 Å². The molecule has 29 heavy (non-hydrogen) atoms. The van der Waals surface area contributed by atoms with Crippen molar-refractivity contribution in [3.8, 4) is 17.0 Å². The van der Waals surface area contributed by atoms with Gasteiger partial charge in [-0.3, -0.25) is 0 Å². The Kier molecular flexibility index (Phi) is 6.39. The van der Waals surface area contributed by atoms with Gasteiger partial charge in [0.1, 0.15) is 23.5 Å². The van der Waals surface area contributed by atoms with Crippen LogP contribution in [0, 0.1) is 0 Å². The van der Waals surface area contributed by atoms with Crippen LogP contribution in [-0.2, 0) is 7.05 Å². The Morgan fingerprint density at radius 3 is 2.76 bits per heavy atom. The third kappa shape index (κ3) is 4.35. The summed E-state index contributed by atoms with van der Waals surface area (Å²) >= 11 is 0. The van der Waals surface area contributed by atoms with E-state index < -0.39 is 0 Å². The molecule has 4 rings (SSSR count). The highest BCUT2D eigenvalue weighted by atomic mass is 32.1. The normalized spacial score (nSPS) is 11.7. The fourth-order valence-electron chi connectivity index (χ4n) is 3.35. The fraction of sp³-hybridized carbons (Fsp3) is 0.227. The first-order chi connectivity index (χ1) is 13.7. The van der Waals surface area contributed by atoms with Gasteiger partial charge in [-0.15, -0.1) is 0 Å². The summed E-state index contributed by atoms with van der Waals surface area (Å²) in [6.45, 7) is 2.91. The number of methoxy groups -OCH3 is 1. The first-order valence-corrected chi connectivity index (χ1v) is 9.26. The van der Waals surface area contributed by atoms with Crippen molar-refractivity contribution in [2.24, 2.45) is 7.05 Å². The summed E-state index contributed by atoms with van der Waals surface area (Å²) in [4.78, 5) is 13.3. The van der Waals surface area contributed by atoms with Gasteiger partial charge in [0.05, 0.1) is 12.8 Å². The molecule has 6 nitrogen and oxygen atoms in total. The lowest BCUT2D eigenvalue weighted by molar-refractivity contribution is 0.407. The number of nitrogens with one attached hydrogen (secondary N) is 1. The van der Waals surface area contributed by atoms with E-state index in [0.29, 0.717) is 0 Å². The van der Waals surface area contributed by atoms with Gasteiger partial charge in [-0.05, 0) is 23.8 Å². The summed E-state index contributed by atoms with van der Waals surface area (Å²) < 4.78 is 7.48. The number of para-hydroxylation sites is 1. The van der Waals surface area contributed by atoms with E-state index in [9.17, 15) is 0 Å². The quantitative estimate of drug-likeness (QED) is 0.514. The number of hydrogen-bond acceptors (Lipinski definition) is 5. The molecule has 0 amide bonds. The smallest absolute Gasteiger partial charge is 0.139 e. The fourth-order valence-corrected chi connectivity index (χ4v) is 3.35. The van der Waals surface area contributed by atoms with Crippen molar-refractivity contribution < 1.29 is 4.74 Å². The van der Waals surface area contributed by atoms with Crippen LogP contribution in [0.3, 0.4) is 0 Å². The zero-order chi connectivity index (χ0) is 19.5. The number of benzene rings is 1. The number of aryl methyl sites for hydroxylation is 1. The van der Waals surface area contributed by atoms with Crippen molar-refractivity contribution in [2.45, 2.75) is 12.8 Å². The van der Waals surface area contributed by atoms with Gasteiger partial charge in [0.25, 0.3) is 0 Å². The van der Waals surface area contributed by atoms with Gasteiger partial charge in [0, 0.05) is 48.9 Å². The molecule has 0 bridgehead atoms. The Balaban J connectivity index is 0.00000240. The average Bonchev–Trinajstić information content (AvgIpc) is 3.12. The highest BCUT2D eigenvalue weighted by Gasteiger charge is 2.11. The molecular formula is C22H25N5OS. The Bertz CT molecular complexity index is 1110. The van der Waals surface area contributed by atoms with Crippen LogP contribution in [0.25, 0.3) is 22.3 Å². The van der Waals surface area contributed by atoms with Crippen LogP contribution < -0.4 is 10.1 Å². The van der Waals surface area contributed by atoms with Gasteiger partial charge in [-0.2, -0.15) is 13.5 Å². The molecule has 0 saturated carbocycles. The van der Waals surface area contributed by atoms with Crippen molar-refractivity contribution in [3.05, 3.63) is 66.7 Å². The third-order valence-electron chi connectivity index (χ3n) is 4.93. The number of ether oxygens (including phenoxy) is 1. The SMILES string of the molecule is COc1ccccc1[C@H](C)CNc1cc(-c2cnc3c(ccn3C)c2)ncn1.S. The minimum Gasteiger partial charge on any atom is -0.496 e. The minimum atomic E-state index is 0. The standard InChI is InChI=1S/C22H23N5O.H2S/c1-15(18-6-4-5-7-20(18)28-3)12-23-21-11-19(25-14-26-21)17-10-16-8-9-27(2)22(16)24-13-17;/h4-11,13-15H,12H2,1-3H3,(H,23,25,26);1H2/t15-;/m1./s1. The van der Waals surface area contributed by atoms with Crippen LogP contribution in [0.2, 0.25) is 0 Å².